The average molecular weight is 380 g/mol. The molecule has 0 bridgehead atoms. The van der Waals surface area contributed by atoms with Crippen LogP contribution in [-0.4, -0.2) is 35.8 Å². The number of ether oxygens (including phenoxy) is 1. The Hall–Kier alpha value is -3.15. The van der Waals surface area contributed by atoms with Crippen LogP contribution in [0.4, 0.5) is 5.69 Å². The van der Waals surface area contributed by atoms with Crippen LogP contribution >= 0.6 is 0 Å². The lowest BCUT2D eigenvalue weighted by Crippen LogP contribution is -2.28. The van der Waals surface area contributed by atoms with E-state index in [4.69, 9.17) is 4.74 Å². The maximum absolute atomic E-state index is 12.5. The van der Waals surface area contributed by atoms with E-state index in [1.807, 2.05) is 37.3 Å². The van der Waals surface area contributed by atoms with Crippen LogP contribution in [0.25, 0.3) is 0 Å². The van der Waals surface area contributed by atoms with Crippen molar-refractivity contribution < 1.29 is 19.1 Å². The Morgan fingerprint density at radius 3 is 2.50 bits per heavy atom. The van der Waals surface area contributed by atoms with Crippen LogP contribution < -0.4 is 5.32 Å². The quantitative estimate of drug-likeness (QED) is 0.748. The first-order valence-corrected chi connectivity index (χ1v) is 9.46. The van der Waals surface area contributed by atoms with Crippen LogP contribution in [0.2, 0.25) is 0 Å². The van der Waals surface area contributed by atoms with Crippen molar-refractivity contribution in [1.29, 1.82) is 0 Å². The number of nitrogens with zero attached hydrogens (tertiary/aromatic N) is 1. The van der Waals surface area contributed by atoms with E-state index in [-0.39, 0.29) is 30.1 Å². The third-order valence-corrected chi connectivity index (χ3v) is 4.63. The Kier molecular flexibility index (Phi) is 6.42. The van der Waals surface area contributed by atoms with Crippen molar-refractivity contribution in [2.24, 2.45) is 5.92 Å². The van der Waals surface area contributed by atoms with Crippen LogP contribution in [-0.2, 0) is 20.9 Å². The lowest BCUT2D eigenvalue weighted by molar-refractivity contribution is -0.128. The van der Waals surface area contributed by atoms with Crippen molar-refractivity contribution in [3.05, 3.63) is 65.7 Å². The van der Waals surface area contributed by atoms with Gasteiger partial charge >= 0.3 is 5.97 Å². The molecule has 146 valence electrons. The van der Waals surface area contributed by atoms with Crippen LogP contribution in [0.5, 0.6) is 0 Å². The van der Waals surface area contributed by atoms with Gasteiger partial charge in [0, 0.05) is 25.2 Å². The molecule has 0 aliphatic carbocycles. The molecule has 1 aliphatic rings. The number of nitrogens with one attached hydrogen (secondary N) is 1. The third kappa shape index (κ3) is 4.97. The fraction of sp³-hybridized carbons (Fsp3) is 0.318. The smallest absolute Gasteiger partial charge is 0.338 e. The minimum Gasteiger partial charge on any atom is -0.462 e. The van der Waals surface area contributed by atoms with E-state index in [2.05, 4.69) is 5.32 Å². The molecule has 2 aromatic rings. The molecule has 0 aromatic heterocycles. The van der Waals surface area contributed by atoms with Crippen LogP contribution in [0.3, 0.4) is 0 Å². The molecule has 1 aliphatic heterocycles. The SMILES string of the molecule is CCCOC(=O)c1ccc(NC(=O)[C@@H]2CC(=O)N(Cc3ccccc3)C2)cc1. The number of amides is 2. The highest BCUT2D eigenvalue weighted by Gasteiger charge is 2.34. The normalized spacial score (nSPS) is 16.1. The Morgan fingerprint density at radius 2 is 1.82 bits per heavy atom. The van der Waals surface area contributed by atoms with Gasteiger partial charge in [-0.25, -0.2) is 4.79 Å². The fourth-order valence-electron chi connectivity index (χ4n) is 3.12. The van der Waals surface area contributed by atoms with Crippen molar-refractivity contribution in [3.8, 4) is 0 Å². The molecule has 28 heavy (non-hydrogen) atoms. The first-order valence-electron chi connectivity index (χ1n) is 9.46. The van der Waals surface area contributed by atoms with Gasteiger partial charge in [-0.15, -0.1) is 0 Å². The Morgan fingerprint density at radius 1 is 1.11 bits per heavy atom. The first kappa shape index (κ1) is 19.6. The summed E-state index contributed by atoms with van der Waals surface area (Å²) < 4.78 is 5.08. The lowest BCUT2D eigenvalue weighted by atomic mass is 10.1. The van der Waals surface area contributed by atoms with E-state index in [0.717, 1.165) is 12.0 Å². The maximum atomic E-state index is 12.5. The van der Waals surface area contributed by atoms with Gasteiger partial charge in [0.2, 0.25) is 11.8 Å². The van der Waals surface area contributed by atoms with E-state index in [0.29, 0.717) is 30.9 Å². The third-order valence-electron chi connectivity index (χ3n) is 4.63. The zero-order valence-corrected chi connectivity index (χ0v) is 15.9. The van der Waals surface area contributed by atoms with Gasteiger partial charge in [0.05, 0.1) is 18.1 Å². The largest absolute Gasteiger partial charge is 0.462 e. The second-order valence-corrected chi connectivity index (χ2v) is 6.86. The predicted octanol–water partition coefficient (Wildman–Crippen LogP) is 3.24. The minimum atomic E-state index is -0.384. The van der Waals surface area contributed by atoms with Crippen molar-refractivity contribution in [2.75, 3.05) is 18.5 Å². The van der Waals surface area contributed by atoms with Gasteiger partial charge in [0.25, 0.3) is 0 Å². The van der Waals surface area contributed by atoms with Crippen molar-refractivity contribution in [3.63, 3.8) is 0 Å². The van der Waals surface area contributed by atoms with E-state index < -0.39 is 0 Å². The highest BCUT2D eigenvalue weighted by molar-refractivity contribution is 5.97. The number of carbonyl (C=O) groups is 3. The summed E-state index contributed by atoms with van der Waals surface area (Å²) in [6.45, 7) is 3.23. The molecule has 1 heterocycles. The average Bonchev–Trinajstić information content (AvgIpc) is 3.08. The molecule has 0 saturated carbocycles. The number of rotatable bonds is 7. The van der Waals surface area contributed by atoms with Crippen molar-refractivity contribution >= 4 is 23.5 Å². The van der Waals surface area contributed by atoms with E-state index >= 15 is 0 Å². The van der Waals surface area contributed by atoms with E-state index in [9.17, 15) is 14.4 Å². The molecule has 1 saturated heterocycles. The monoisotopic (exact) mass is 380 g/mol. The van der Waals surface area contributed by atoms with Gasteiger partial charge in [-0.1, -0.05) is 37.3 Å². The summed E-state index contributed by atoms with van der Waals surface area (Å²) >= 11 is 0. The van der Waals surface area contributed by atoms with Gasteiger partial charge in [-0.3, -0.25) is 9.59 Å². The molecular formula is C22H24N2O4. The summed E-state index contributed by atoms with van der Waals surface area (Å²) in [6.07, 6.45) is 0.974. The number of carbonyl (C=O) groups excluding carboxylic acids is 3. The minimum absolute atomic E-state index is 0.0157. The molecule has 0 spiro atoms. The number of benzene rings is 2. The molecule has 3 rings (SSSR count). The predicted molar refractivity (Wildman–Crippen MR) is 106 cm³/mol. The standard InChI is InChI=1S/C22H24N2O4/c1-2-12-28-22(27)17-8-10-19(11-9-17)23-21(26)18-13-20(25)24(15-18)14-16-6-4-3-5-7-16/h3-11,18H,2,12-15H2,1H3,(H,23,26)/t18-/m1/s1. The zero-order chi connectivity index (χ0) is 19.9. The maximum Gasteiger partial charge on any atom is 0.338 e. The molecule has 6 nitrogen and oxygen atoms in total. The summed E-state index contributed by atoms with van der Waals surface area (Å²) in [7, 11) is 0. The highest BCUT2D eigenvalue weighted by atomic mass is 16.5. The molecular weight excluding hydrogens is 356 g/mol. The highest BCUT2D eigenvalue weighted by Crippen LogP contribution is 2.22. The van der Waals surface area contributed by atoms with Crippen LogP contribution in [0, 0.1) is 5.92 Å². The van der Waals surface area contributed by atoms with E-state index in [1.54, 1.807) is 29.2 Å². The van der Waals surface area contributed by atoms with Crippen molar-refractivity contribution in [2.45, 2.75) is 26.3 Å². The zero-order valence-electron chi connectivity index (χ0n) is 15.9. The lowest BCUT2D eigenvalue weighted by Gasteiger charge is -2.16. The first-order chi connectivity index (χ1) is 13.6. The van der Waals surface area contributed by atoms with E-state index in [1.165, 1.54) is 0 Å². The molecule has 0 radical (unpaired) electrons. The second kappa shape index (κ2) is 9.17. The Bertz CT molecular complexity index is 833. The van der Waals surface area contributed by atoms with Gasteiger partial charge in [-0.05, 0) is 36.2 Å². The number of hydrogen-bond acceptors (Lipinski definition) is 4. The molecule has 0 unspecified atom stereocenters. The number of likely N-dealkylation sites (tertiary alicyclic amines) is 1. The summed E-state index contributed by atoms with van der Waals surface area (Å²) in [5.74, 6) is -0.966. The molecule has 1 atom stereocenters. The Balaban J connectivity index is 1.55. The number of anilines is 1. The second-order valence-electron chi connectivity index (χ2n) is 6.86. The molecule has 1 N–H and O–H groups in total. The topological polar surface area (TPSA) is 75.7 Å². The summed E-state index contributed by atoms with van der Waals surface area (Å²) in [5.41, 5.74) is 2.07. The molecule has 6 heteroatoms. The van der Waals surface area contributed by atoms with Gasteiger partial charge < -0.3 is 15.0 Å². The van der Waals surface area contributed by atoms with Gasteiger partial charge in [-0.2, -0.15) is 0 Å². The molecule has 2 aromatic carbocycles. The summed E-state index contributed by atoms with van der Waals surface area (Å²) in [6, 6.07) is 16.3. The van der Waals surface area contributed by atoms with Crippen molar-refractivity contribution in [1.82, 2.24) is 4.90 Å². The van der Waals surface area contributed by atoms with Crippen LogP contribution in [0.15, 0.2) is 54.6 Å². The summed E-state index contributed by atoms with van der Waals surface area (Å²) in [5, 5.41) is 2.83. The number of hydrogen-bond donors (Lipinski definition) is 1. The van der Waals surface area contributed by atoms with Gasteiger partial charge in [0.15, 0.2) is 0 Å². The summed E-state index contributed by atoms with van der Waals surface area (Å²) in [4.78, 5) is 38.3. The fourth-order valence-corrected chi connectivity index (χ4v) is 3.12. The molecule has 2 amide bonds. The Labute approximate surface area is 164 Å². The number of esters is 1. The van der Waals surface area contributed by atoms with Crippen LogP contribution in [0.1, 0.15) is 35.7 Å². The van der Waals surface area contributed by atoms with Gasteiger partial charge in [0.1, 0.15) is 0 Å². The molecule has 1 fully saturated rings.